The number of likely N-dealkylation sites (tertiary alicyclic amines) is 1. The van der Waals surface area contributed by atoms with Crippen LogP contribution >= 0.6 is 0 Å². The van der Waals surface area contributed by atoms with Crippen molar-refractivity contribution in [3.63, 3.8) is 0 Å². The van der Waals surface area contributed by atoms with Gasteiger partial charge in [-0.15, -0.1) is 0 Å². The van der Waals surface area contributed by atoms with Crippen LogP contribution in [0.5, 0.6) is 0 Å². The van der Waals surface area contributed by atoms with Gasteiger partial charge in [0.05, 0.1) is 18.4 Å². The van der Waals surface area contributed by atoms with Gasteiger partial charge in [0.2, 0.25) is 15.9 Å². The van der Waals surface area contributed by atoms with Crippen LogP contribution in [-0.4, -0.2) is 70.0 Å². The molecule has 0 saturated carbocycles. The van der Waals surface area contributed by atoms with Crippen LogP contribution in [-0.2, 0) is 23.6 Å². The molecule has 0 radical (unpaired) electrons. The van der Waals surface area contributed by atoms with Gasteiger partial charge in [-0.2, -0.15) is 10.1 Å². The van der Waals surface area contributed by atoms with E-state index in [1.165, 1.54) is 16.1 Å². The lowest BCUT2D eigenvalue weighted by atomic mass is 9.97. The SMILES string of the molecule is Cn1cc(CN2CC(c3nc(C4CCN(S(C)(=O)=O)CC4)no3)C2)cn1. The average Bonchev–Trinajstić information content (AvgIpc) is 3.19. The van der Waals surface area contributed by atoms with Crippen molar-refractivity contribution < 1.29 is 12.9 Å². The van der Waals surface area contributed by atoms with Crippen LogP contribution in [0.3, 0.4) is 0 Å². The fourth-order valence-corrected chi connectivity index (χ4v) is 4.57. The highest BCUT2D eigenvalue weighted by atomic mass is 32.2. The molecule has 9 nitrogen and oxygen atoms in total. The lowest BCUT2D eigenvalue weighted by Crippen LogP contribution is -2.44. The van der Waals surface area contributed by atoms with E-state index in [9.17, 15) is 8.42 Å². The minimum atomic E-state index is -3.11. The van der Waals surface area contributed by atoms with Gasteiger partial charge in [0.1, 0.15) is 0 Å². The van der Waals surface area contributed by atoms with Crippen LogP contribution in [0.2, 0.25) is 0 Å². The van der Waals surface area contributed by atoms with Gasteiger partial charge >= 0.3 is 0 Å². The van der Waals surface area contributed by atoms with E-state index in [0.29, 0.717) is 19.0 Å². The molecule has 10 heteroatoms. The van der Waals surface area contributed by atoms with Crippen molar-refractivity contribution in [1.82, 2.24) is 29.1 Å². The second-order valence-electron chi connectivity index (χ2n) is 7.34. The van der Waals surface area contributed by atoms with Crippen molar-refractivity contribution >= 4 is 10.0 Å². The molecule has 4 rings (SSSR count). The number of hydrogen-bond donors (Lipinski definition) is 0. The lowest BCUT2D eigenvalue weighted by Gasteiger charge is -2.36. The molecule has 0 unspecified atom stereocenters. The predicted molar refractivity (Wildman–Crippen MR) is 93.9 cm³/mol. The minimum absolute atomic E-state index is 0.178. The van der Waals surface area contributed by atoms with Crippen LogP contribution < -0.4 is 0 Å². The van der Waals surface area contributed by atoms with Crippen molar-refractivity contribution in [1.29, 1.82) is 0 Å². The van der Waals surface area contributed by atoms with Gasteiger partial charge < -0.3 is 4.52 Å². The summed E-state index contributed by atoms with van der Waals surface area (Å²) < 4.78 is 32.0. The summed E-state index contributed by atoms with van der Waals surface area (Å²) in [6.07, 6.45) is 6.66. The zero-order valence-corrected chi connectivity index (χ0v) is 15.9. The van der Waals surface area contributed by atoms with Crippen molar-refractivity contribution in [3.8, 4) is 0 Å². The first kappa shape index (κ1) is 17.6. The second-order valence-corrected chi connectivity index (χ2v) is 9.32. The number of hydrogen-bond acceptors (Lipinski definition) is 7. The molecule has 0 N–H and O–H groups in total. The van der Waals surface area contributed by atoms with Crippen molar-refractivity contribution in [2.24, 2.45) is 7.05 Å². The highest BCUT2D eigenvalue weighted by molar-refractivity contribution is 7.88. The monoisotopic (exact) mass is 380 g/mol. The maximum atomic E-state index is 11.6. The lowest BCUT2D eigenvalue weighted by molar-refractivity contribution is 0.117. The number of nitrogens with zero attached hydrogens (tertiary/aromatic N) is 6. The van der Waals surface area contributed by atoms with E-state index in [1.54, 1.807) is 0 Å². The van der Waals surface area contributed by atoms with E-state index in [4.69, 9.17) is 4.52 Å². The summed E-state index contributed by atoms with van der Waals surface area (Å²) in [6.45, 7) is 3.74. The molecule has 0 atom stereocenters. The Morgan fingerprint density at radius 3 is 2.58 bits per heavy atom. The summed E-state index contributed by atoms with van der Waals surface area (Å²) in [6, 6.07) is 0. The molecule has 2 saturated heterocycles. The highest BCUT2D eigenvalue weighted by Gasteiger charge is 2.34. The second kappa shape index (κ2) is 6.75. The zero-order valence-electron chi connectivity index (χ0n) is 15.1. The molecule has 0 aliphatic carbocycles. The van der Waals surface area contributed by atoms with E-state index in [-0.39, 0.29) is 11.8 Å². The Bertz CT molecular complexity index is 862. The summed E-state index contributed by atoms with van der Waals surface area (Å²) in [4.78, 5) is 6.93. The van der Waals surface area contributed by atoms with Crippen LogP contribution in [0, 0.1) is 0 Å². The molecule has 0 bridgehead atoms. The van der Waals surface area contributed by atoms with Crippen LogP contribution in [0.4, 0.5) is 0 Å². The summed E-state index contributed by atoms with van der Waals surface area (Å²) in [5.74, 6) is 1.88. The molecule has 2 aromatic rings. The van der Waals surface area contributed by atoms with Crippen molar-refractivity contribution in [2.45, 2.75) is 31.2 Å². The number of sulfonamides is 1. The van der Waals surface area contributed by atoms with E-state index in [2.05, 4.69) is 20.1 Å². The van der Waals surface area contributed by atoms with Gasteiger partial charge in [0, 0.05) is 57.4 Å². The summed E-state index contributed by atoms with van der Waals surface area (Å²) in [5.41, 5.74) is 1.20. The maximum absolute atomic E-state index is 11.6. The quantitative estimate of drug-likeness (QED) is 0.747. The van der Waals surface area contributed by atoms with E-state index < -0.39 is 10.0 Å². The van der Waals surface area contributed by atoms with Gasteiger partial charge in [-0.1, -0.05) is 5.16 Å². The van der Waals surface area contributed by atoms with E-state index >= 15 is 0 Å². The number of aryl methyl sites for hydroxylation is 1. The molecule has 4 heterocycles. The molecular formula is C16H24N6O3S. The first-order valence-electron chi connectivity index (χ1n) is 8.87. The van der Waals surface area contributed by atoms with Gasteiger partial charge in [-0.05, 0) is 12.8 Å². The minimum Gasteiger partial charge on any atom is -0.339 e. The molecule has 0 spiro atoms. The third-order valence-corrected chi connectivity index (χ3v) is 6.52. The Labute approximate surface area is 153 Å². The molecule has 26 heavy (non-hydrogen) atoms. The predicted octanol–water partition coefficient (Wildman–Crippen LogP) is 0.542. The fraction of sp³-hybridized carbons (Fsp3) is 0.688. The molecule has 2 fully saturated rings. The summed E-state index contributed by atoms with van der Waals surface area (Å²) >= 11 is 0. The summed E-state index contributed by atoms with van der Waals surface area (Å²) in [5, 5.41) is 8.35. The third kappa shape index (κ3) is 3.67. The molecule has 0 aromatic carbocycles. The fourth-order valence-electron chi connectivity index (χ4n) is 3.69. The molecule has 142 valence electrons. The standard InChI is InChI=1S/C16H24N6O3S/c1-20-8-12(7-17-20)9-21-10-14(11-21)16-18-15(19-25-16)13-3-5-22(6-4-13)26(2,23)24/h7-8,13-14H,3-6,9-11H2,1-2H3. The Morgan fingerprint density at radius 1 is 1.23 bits per heavy atom. The zero-order chi connectivity index (χ0) is 18.3. The van der Waals surface area contributed by atoms with Gasteiger partial charge in [0.25, 0.3) is 0 Å². The Hall–Kier alpha value is -1.78. The molecule has 2 aliphatic rings. The largest absolute Gasteiger partial charge is 0.339 e. The molecular weight excluding hydrogens is 356 g/mol. The maximum Gasteiger partial charge on any atom is 0.232 e. The topological polar surface area (TPSA) is 97.4 Å². The van der Waals surface area contributed by atoms with Crippen molar-refractivity contribution in [3.05, 3.63) is 29.7 Å². The number of rotatable bonds is 5. The summed E-state index contributed by atoms with van der Waals surface area (Å²) in [7, 11) is -1.19. The number of piperidine rings is 1. The Kier molecular flexibility index (Phi) is 4.57. The van der Waals surface area contributed by atoms with Gasteiger partial charge in [-0.25, -0.2) is 12.7 Å². The van der Waals surface area contributed by atoms with Gasteiger partial charge in [0.15, 0.2) is 5.82 Å². The average molecular weight is 380 g/mol. The smallest absolute Gasteiger partial charge is 0.232 e. The van der Waals surface area contributed by atoms with E-state index in [1.807, 2.05) is 24.1 Å². The van der Waals surface area contributed by atoms with Crippen molar-refractivity contribution in [2.75, 3.05) is 32.4 Å². The molecule has 0 amide bonds. The van der Waals surface area contributed by atoms with Crippen LogP contribution in [0.15, 0.2) is 16.9 Å². The first-order chi connectivity index (χ1) is 12.4. The normalized spacial score (nSPS) is 21.2. The van der Waals surface area contributed by atoms with Crippen LogP contribution in [0.1, 0.15) is 42.0 Å². The molecule has 2 aromatic heterocycles. The van der Waals surface area contributed by atoms with E-state index in [0.717, 1.165) is 38.3 Å². The first-order valence-corrected chi connectivity index (χ1v) is 10.7. The Balaban J connectivity index is 1.29. The highest BCUT2D eigenvalue weighted by Crippen LogP contribution is 2.31. The van der Waals surface area contributed by atoms with Gasteiger partial charge in [-0.3, -0.25) is 9.58 Å². The third-order valence-electron chi connectivity index (χ3n) is 5.22. The Morgan fingerprint density at radius 2 is 1.96 bits per heavy atom. The molecule has 2 aliphatic heterocycles. The van der Waals surface area contributed by atoms with Crippen LogP contribution in [0.25, 0.3) is 0 Å². The number of aromatic nitrogens is 4.